The highest BCUT2D eigenvalue weighted by molar-refractivity contribution is 8.25. The van der Waals surface area contributed by atoms with Gasteiger partial charge in [-0.05, 0) is 82.6 Å². The number of aromatic nitrogens is 3. The van der Waals surface area contributed by atoms with Crippen molar-refractivity contribution in [2.75, 3.05) is 0 Å². The van der Waals surface area contributed by atoms with Crippen LogP contribution >= 0.6 is 6.04 Å². The van der Waals surface area contributed by atoms with E-state index < -0.39 is 6.04 Å². The standard InChI is InChI=1S/C51H34N3PS/c56-55(41-14-11-13-36(34-41)47-33-24-35-12-1-6-19-46(35)52-47,39-29-25-37(26-30-39)53-48-20-7-2-15-42(48)43-16-3-8-21-49(43)53)40-31-27-38(28-32-40)54-50-22-9-4-17-44(50)45-18-5-10-23-51(45)54/h1-34H. The quantitative estimate of drug-likeness (QED) is 0.158. The zero-order valence-corrected chi connectivity index (χ0v) is 32.0. The summed E-state index contributed by atoms with van der Waals surface area (Å²) in [6.45, 7) is 0. The molecule has 0 aliphatic carbocycles. The summed E-state index contributed by atoms with van der Waals surface area (Å²) in [7, 11) is 0. The zero-order chi connectivity index (χ0) is 37.2. The van der Waals surface area contributed by atoms with Crippen molar-refractivity contribution in [1.29, 1.82) is 0 Å². The summed E-state index contributed by atoms with van der Waals surface area (Å²) in [5, 5.41) is 9.55. The van der Waals surface area contributed by atoms with Gasteiger partial charge in [-0.1, -0.05) is 151 Å². The maximum absolute atomic E-state index is 7.06. The van der Waals surface area contributed by atoms with E-state index in [4.69, 9.17) is 16.8 Å². The Morgan fingerprint density at radius 2 is 0.821 bits per heavy atom. The Kier molecular flexibility index (Phi) is 7.63. The summed E-state index contributed by atoms with van der Waals surface area (Å²) in [5.41, 5.74) is 9.98. The molecule has 8 aromatic carbocycles. The number of hydrogen-bond donors (Lipinski definition) is 0. The molecular weight excluding hydrogens is 718 g/mol. The van der Waals surface area contributed by atoms with Gasteiger partial charge >= 0.3 is 0 Å². The normalized spacial score (nSPS) is 12.0. The molecule has 0 amide bonds. The van der Waals surface area contributed by atoms with Crippen molar-refractivity contribution < 1.29 is 0 Å². The molecule has 264 valence electrons. The van der Waals surface area contributed by atoms with Crippen LogP contribution in [0.1, 0.15) is 0 Å². The molecular formula is C51H34N3PS. The van der Waals surface area contributed by atoms with Gasteiger partial charge in [0.25, 0.3) is 0 Å². The minimum absolute atomic E-state index is 0.940. The Bertz CT molecular complexity index is 3070. The molecule has 0 saturated heterocycles. The van der Waals surface area contributed by atoms with E-state index in [0.29, 0.717) is 0 Å². The van der Waals surface area contributed by atoms with Gasteiger partial charge in [0.15, 0.2) is 0 Å². The van der Waals surface area contributed by atoms with Gasteiger partial charge in [0.05, 0.1) is 33.3 Å². The number of rotatable bonds is 6. The molecule has 3 nitrogen and oxygen atoms in total. The van der Waals surface area contributed by atoms with Crippen molar-refractivity contribution in [1.82, 2.24) is 14.1 Å². The van der Waals surface area contributed by atoms with Gasteiger partial charge in [-0.25, -0.2) is 4.98 Å². The van der Waals surface area contributed by atoms with Gasteiger partial charge in [-0.2, -0.15) is 0 Å². The van der Waals surface area contributed by atoms with Crippen molar-refractivity contribution in [3.8, 4) is 22.6 Å². The van der Waals surface area contributed by atoms with Crippen molar-refractivity contribution >= 4 is 88.3 Å². The summed E-state index contributed by atoms with van der Waals surface area (Å²) in [6, 6.07) is 71.4. The van der Waals surface area contributed by atoms with Crippen LogP contribution in [-0.2, 0) is 11.8 Å². The molecule has 0 atom stereocenters. The maximum Gasteiger partial charge on any atom is 0.0709 e. The zero-order valence-electron chi connectivity index (χ0n) is 30.3. The minimum atomic E-state index is -2.57. The molecule has 0 unspecified atom stereocenters. The lowest BCUT2D eigenvalue weighted by Gasteiger charge is -2.25. The van der Waals surface area contributed by atoms with E-state index in [-0.39, 0.29) is 0 Å². The number of hydrogen-bond acceptors (Lipinski definition) is 2. The average molecular weight is 752 g/mol. The number of fused-ring (bicyclic) bond motifs is 7. The first-order valence-electron chi connectivity index (χ1n) is 18.9. The van der Waals surface area contributed by atoms with E-state index in [9.17, 15) is 0 Å². The van der Waals surface area contributed by atoms with Crippen LogP contribution in [0.4, 0.5) is 0 Å². The van der Waals surface area contributed by atoms with Crippen LogP contribution in [0.3, 0.4) is 0 Å². The lowest BCUT2D eigenvalue weighted by atomic mass is 10.1. The Hall–Kier alpha value is -6.58. The summed E-state index contributed by atoms with van der Waals surface area (Å²) >= 11 is 7.06. The SMILES string of the molecule is S=P(c1ccc(-n2c3ccccc3c3ccccc32)cc1)(c1ccc(-n2c3ccccc3c3ccccc32)cc1)c1cccc(-c2ccc3ccccc3n2)c1. The number of para-hydroxylation sites is 5. The van der Waals surface area contributed by atoms with Crippen LogP contribution in [0.5, 0.6) is 0 Å². The predicted molar refractivity (Wildman–Crippen MR) is 242 cm³/mol. The molecule has 11 rings (SSSR count). The van der Waals surface area contributed by atoms with Crippen molar-refractivity contribution in [2.45, 2.75) is 0 Å². The smallest absolute Gasteiger partial charge is 0.0709 e. The lowest BCUT2D eigenvalue weighted by molar-refractivity contribution is 1.18. The van der Waals surface area contributed by atoms with Crippen LogP contribution in [0.25, 0.3) is 77.1 Å². The van der Waals surface area contributed by atoms with E-state index >= 15 is 0 Å². The Morgan fingerprint density at radius 3 is 1.32 bits per heavy atom. The van der Waals surface area contributed by atoms with Crippen LogP contribution in [0.15, 0.2) is 206 Å². The maximum atomic E-state index is 7.06. The number of nitrogens with zero attached hydrogens (tertiary/aromatic N) is 3. The van der Waals surface area contributed by atoms with Gasteiger partial charge in [0.2, 0.25) is 0 Å². The van der Waals surface area contributed by atoms with Crippen LogP contribution in [0, 0.1) is 0 Å². The highest BCUT2D eigenvalue weighted by atomic mass is 32.4. The van der Waals surface area contributed by atoms with Gasteiger partial charge in [0.1, 0.15) is 0 Å². The first-order chi connectivity index (χ1) is 27.6. The fraction of sp³-hybridized carbons (Fsp3) is 0. The summed E-state index contributed by atoms with van der Waals surface area (Å²) in [6.07, 6.45) is 0. The molecule has 0 N–H and O–H groups in total. The molecule has 0 spiro atoms. The van der Waals surface area contributed by atoms with Crippen molar-refractivity contribution in [2.24, 2.45) is 0 Å². The Balaban J connectivity index is 1.08. The second kappa shape index (κ2) is 13.0. The average Bonchev–Trinajstić information content (AvgIpc) is 3.79. The highest BCUT2D eigenvalue weighted by Crippen LogP contribution is 2.44. The first-order valence-corrected chi connectivity index (χ1v) is 21.7. The predicted octanol–water partition coefficient (Wildman–Crippen LogP) is 11.9. The van der Waals surface area contributed by atoms with Gasteiger partial charge in [0, 0.05) is 49.9 Å². The molecule has 11 aromatic rings. The fourth-order valence-electron chi connectivity index (χ4n) is 8.56. The van der Waals surface area contributed by atoms with Crippen LogP contribution < -0.4 is 15.9 Å². The molecule has 0 aliphatic rings. The topological polar surface area (TPSA) is 22.8 Å². The van der Waals surface area contributed by atoms with Crippen molar-refractivity contribution in [3.05, 3.63) is 206 Å². The molecule has 5 heteroatoms. The second-order valence-corrected chi connectivity index (χ2v) is 18.7. The minimum Gasteiger partial charge on any atom is -0.309 e. The van der Waals surface area contributed by atoms with Gasteiger partial charge in [-0.15, -0.1) is 0 Å². The molecule has 0 aliphatic heterocycles. The molecule has 0 fully saturated rings. The third-order valence-electron chi connectivity index (χ3n) is 11.2. The Labute approximate surface area is 329 Å². The fourth-order valence-corrected chi connectivity index (χ4v) is 12.3. The third kappa shape index (κ3) is 5.11. The molecule has 0 radical (unpaired) electrons. The van der Waals surface area contributed by atoms with Crippen LogP contribution in [-0.4, -0.2) is 14.1 Å². The van der Waals surface area contributed by atoms with Crippen molar-refractivity contribution in [3.63, 3.8) is 0 Å². The third-order valence-corrected chi connectivity index (χ3v) is 16.2. The summed E-state index contributed by atoms with van der Waals surface area (Å²) in [4.78, 5) is 5.07. The van der Waals surface area contributed by atoms with E-state index in [2.05, 4.69) is 209 Å². The monoisotopic (exact) mass is 751 g/mol. The number of pyridine rings is 1. The summed E-state index contributed by atoms with van der Waals surface area (Å²) < 4.78 is 4.73. The number of benzene rings is 8. The summed E-state index contributed by atoms with van der Waals surface area (Å²) in [5.74, 6) is 0. The molecule has 56 heavy (non-hydrogen) atoms. The molecule has 3 heterocycles. The highest BCUT2D eigenvalue weighted by Gasteiger charge is 2.26. The van der Waals surface area contributed by atoms with E-state index in [0.717, 1.165) is 49.4 Å². The van der Waals surface area contributed by atoms with E-state index in [1.807, 2.05) is 6.07 Å². The van der Waals surface area contributed by atoms with E-state index in [1.54, 1.807) is 0 Å². The van der Waals surface area contributed by atoms with E-state index in [1.165, 1.54) is 43.6 Å². The molecule has 0 bridgehead atoms. The lowest BCUT2D eigenvalue weighted by Crippen LogP contribution is -2.25. The molecule has 0 saturated carbocycles. The van der Waals surface area contributed by atoms with Crippen LogP contribution in [0.2, 0.25) is 0 Å². The first kappa shape index (κ1) is 32.8. The largest absolute Gasteiger partial charge is 0.309 e. The van der Waals surface area contributed by atoms with Gasteiger partial charge in [-0.3, -0.25) is 0 Å². The molecule has 3 aromatic heterocycles. The Morgan fingerprint density at radius 1 is 0.375 bits per heavy atom. The second-order valence-electron chi connectivity index (χ2n) is 14.3. The van der Waals surface area contributed by atoms with Gasteiger partial charge < -0.3 is 9.13 Å².